The summed E-state index contributed by atoms with van der Waals surface area (Å²) in [6.45, 7) is 13.4. The maximum Gasteiger partial charge on any atom is 0.192 e. The van der Waals surface area contributed by atoms with Crippen molar-refractivity contribution in [3.05, 3.63) is 23.8 Å². The van der Waals surface area contributed by atoms with Crippen LogP contribution in [0.25, 0.3) is 0 Å². The molecule has 29 heavy (non-hydrogen) atoms. The number of likely N-dealkylation sites (tertiary alicyclic amines) is 1. The van der Waals surface area contributed by atoms with Crippen LogP contribution in [0.1, 0.15) is 44.3 Å². The van der Waals surface area contributed by atoms with Crippen LogP contribution in [0.3, 0.4) is 0 Å². The van der Waals surface area contributed by atoms with Crippen LogP contribution < -0.4 is 10.6 Å². The van der Waals surface area contributed by atoms with E-state index >= 15 is 0 Å². The highest BCUT2D eigenvalue weighted by Crippen LogP contribution is 2.13. The van der Waals surface area contributed by atoms with E-state index < -0.39 is 0 Å². The van der Waals surface area contributed by atoms with Crippen LogP contribution in [-0.4, -0.2) is 70.6 Å². The normalized spacial score (nSPS) is 21.1. The lowest BCUT2D eigenvalue weighted by atomic mass is 10.0. The van der Waals surface area contributed by atoms with Crippen molar-refractivity contribution >= 4 is 29.9 Å². The van der Waals surface area contributed by atoms with Crippen molar-refractivity contribution in [3.63, 3.8) is 0 Å². The van der Waals surface area contributed by atoms with Gasteiger partial charge in [0.2, 0.25) is 0 Å². The highest BCUT2D eigenvalue weighted by Gasteiger charge is 2.21. The fourth-order valence-corrected chi connectivity index (χ4v) is 3.72. The molecule has 0 spiro atoms. The molecular formula is C20H36IN7O. The maximum atomic E-state index is 5.74. The summed E-state index contributed by atoms with van der Waals surface area (Å²) in [5, 5.41) is 15.4. The average molecular weight is 517 g/mol. The minimum absolute atomic E-state index is 0. The van der Waals surface area contributed by atoms with Crippen molar-refractivity contribution < 1.29 is 4.74 Å². The van der Waals surface area contributed by atoms with Gasteiger partial charge in [0.25, 0.3) is 0 Å². The van der Waals surface area contributed by atoms with E-state index in [4.69, 9.17) is 9.73 Å². The summed E-state index contributed by atoms with van der Waals surface area (Å²) in [5.74, 6) is 2.61. The fraction of sp³-hybridized carbons (Fsp3) is 0.750. The van der Waals surface area contributed by atoms with Crippen LogP contribution >= 0.6 is 24.0 Å². The molecule has 2 fully saturated rings. The molecule has 8 nitrogen and oxygen atoms in total. The van der Waals surface area contributed by atoms with Gasteiger partial charge in [-0.25, -0.2) is 4.99 Å². The van der Waals surface area contributed by atoms with Gasteiger partial charge in [0.1, 0.15) is 12.4 Å². The maximum absolute atomic E-state index is 5.74. The minimum atomic E-state index is 0. The number of guanidine groups is 1. The monoisotopic (exact) mass is 517 g/mol. The molecule has 2 saturated heterocycles. The second-order valence-electron chi connectivity index (χ2n) is 8.06. The smallest absolute Gasteiger partial charge is 0.192 e. The Labute approximate surface area is 191 Å². The number of halogens is 1. The van der Waals surface area contributed by atoms with E-state index in [2.05, 4.69) is 39.2 Å². The lowest BCUT2D eigenvalue weighted by Crippen LogP contribution is -2.50. The standard InChI is InChI=1S/C20H35N7O.HI/c1-15(2)14-27-9-7-17(8-10-27)23-20(21-12-18-6-5-11-28-18)22-13-19-25-24-16(3)26(19)4;/h17-18H,1,5-14H2,2-4H3,(H2,21,22,23);1H. The molecule has 2 N–H and O–H groups in total. The average Bonchev–Trinajstić information content (AvgIpc) is 3.30. The first-order valence-electron chi connectivity index (χ1n) is 10.4. The Morgan fingerprint density at radius 2 is 2.03 bits per heavy atom. The first-order valence-corrected chi connectivity index (χ1v) is 10.4. The van der Waals surface area contributed by atoms with Gasteiger partial charge in [0, 0.05) is 45.9 Å². The summed E-state index contributed by atoms with van der Waals surface area (Å²) in [6.07, 6.45) is 4.75. The predicted octanol–water partition coefficient (Wildman–Crippen LogP) is 2.00. The molecule has 0 aromatic carbocycles. The molecule has 1 unspecified atom stereocenters. The zero-order valence-electron chi connectivity index (χ0n) is 18.0. The van der Waals surface area contributed by atoms with E-state index in [1.54, 1.807) is 0 Å². The van der Waals surface area contributed by atoms with Crippen molar-refractivity contribution in [2.75, 3.05) is 32.8 Å². The van der Waals surface area contributed by atoms with E-state index in [9.17, 15) is 0 Å². The van der Waals surface area contributed by atoms with E-state index in [1.807, 2.05) is 18.5 Å². The number of aryl methyl sites for hydroxylation is 1. The van der Waals surface area contributed by atoms with Gasteiger partial charge in [-0.1, -0.05) is 12.2 Å². The predicted molar refractivity (Wildman–Crippen MR) is 127 cm³/mol. The van der Waals surface area contributed by atoms with Crippen molar-refractivity contribution in [1.29, 1.82) is 0 Å². The molecule has 3 heterocycles. The molecule has 1 atom stereocenters. The Hall–Kier alpha value is -1.20. The first-order chi connectivity index (χ1) is 13.5. The number of ether oxygens (including phenoxy) is 1. The Balaban J connectivity index is 0.00000300. The van der Waals surface area contributed by atoms with E-state index in [0.717, 1.165) is 76.1 Å². The van der Waals surface area contributed by atoms with Crippen LogP contribution in [0.2, 0.25) is 0 Å². The number of nitrogens with one attached hydrogen (secondary N) is 2. The number of hydrogen-bond donors (Lipinski definition) is 2. The zero-order chi connectivity index (χ0) is 19.9. The van der Waals surface area contributed by atoms with Crippen molar-refractivity contribution in [2.45, 2.75) is 58.2 Å². The lowest BCUT2D eigenvalue weighted by Gasteiger charge is -2.33. The zero-order valence-corrected chi connectivity index (χ0v) is 20.3. The largest absolute Gasteiger partial charge is 0.376 e. The summed E-state index contributed by atoms with van der Waals surface area (Å²) in [4.78, 5) is 7.25. The van der Waals surface area contributed by atoms with Crippen LogP contribution in [0.5, 0.6) is 0 Å². The third kappa shape index (κ3) is 7.53. The third-order valence-electron chi connectivity index (χ3n) is 5.50. The van der Waals surface area contributed by atoms with Crippen LogP contribution in [0, 0.1) is 6.92 Å². The van der Waals surface area contributed by atoms with Gasteiger partial charge in [-0.3, -0.25) is 4.90 Å². The molecule has 2 aliphatic heterocycles. The highest BCUT2D eigenvalue weighted by atomic mass is 127. The highest BCUT2D eigenvalue weighted by molar-refractivity contribution is 14.0. The second kappa shape index (κ2) is 11.8. The van der Waals surface area contributed by atoms with Crippen LogP contribution in [0.4, 0.5) is 0 Å². The van der Waals surface area contributed by atoms with Crippen molar-refractivity contribution in [2.24, 2.45) is 12.0 Å². The summed E-state index contributed by atoms with van der Waals surface area (Å²) in [6, 6.07) is 0.429. The third-order valence-corrected chi connectivity index (χ3v) is 5.50. The van der Waals surface area contributed by atoms with E-state index in [1.165, 1.54) is 5.57 Å². The molecule has 0 radical (unpaired) electrons. The number of piperidine rings is 1. The lowest BCUT2D eigenvalue weighted by molar-refractivity contribution is 0.113. The van der Waals surface area contributed by atoms with Gasteiger partial charge in [-0.2, -0.15) is 0 Å². The van der Waals surface area contributed by atoms with Crippen LogP contribution in [0.15, 0.2) is 17.1 Å². The second-order valence-corrected chi connectivity index (χ2v) is 8.06. The molecule has 0 aliphatic carbocycles. The van der Waals surface area contributed by atoms with Gasteiger partial charge in [0.05, 0.1) is 6.10 Å². The number of nitrogens with zero attached hydrogens (tertiary/aromatic N) is 5. The molecule has 2 aliphatic rings. The summed E-state index contributed by atoms with van der Waals surface area (Å²) in [7, 11) is 1.98. The molecule has 0 amide bonds. The minimum Gasteiger partial charge on any atom is -0.376 e. The Bertz CT molecular complexity index is 676. The SMILES string of the molecule is C=C(C)CN1CCC(NC(=NCc2nnc(C)n2C)NCC2CCCO2)CC1.I. The number of aliphatic imine (C=N–C) groups is 1. The van der Waals surface area contributed by atoms with Gasteiger partial charge in [-0.15, -0.1) is 34.2 Å². The molecule has 3 rings (SSSR count). The van der Waals surface area contributed by atoms with Crippen LogP contribution in [-0.2, 0) is 18.3 Å². The van der Waals surface area contributed by atoms with Gasteiger partial charge >= 0.3 is 0 Å². The van der Waals surface area contributed by atoms with Crippen molar-refractivity contribution in [3.8, 4) is 0 Å². The van der Waals surface area contributed by atoms with E-state index in [0.29, 0.717) is 12.6 Å². The summed E-state index contributed by atoms with van der Waals surface area (Å²) < 4.78 is 7.73. The number of hydrogen-bond acceptors (Lipinski definition) is 5. The molecule has 0 bridgehead atoms. The summed E-state index contributed by atoms with van der Waals surface area (Å²) in [5.41, 5.74) is 1.23. The first kappa shape index (κ1) is 24.1. The van der Waals surface area contributed by atoms with Gasteiger partial charge in [0.15, 0.2) is 11.8 Å². The molecule has 1 aromatic rings. The number of aromatic nitrogens is 3. The topological polar surface area (TPSA) is 79.6 Å². The fourth-order valence-electron chi connectivity index (χ4n) is 3.72. The Kier molecular flexibility index (Phi) is 9.84. The molecule has 1 aromatic heterocycles. The molecule has 0 saturated carbocycles. The van der Waals surface area contributed by atoms with Crippen molar-refractivity contribution in [1.82, 2.24) is 30.3 Å². The molecule has 164 valence electrons. The quantitative estimate of drug-likeness (QED) is 0.249. The number of rotatable bonds is 7. The summed E-state index contributed by atoms with van der Waals surface area (Å²) >= 11 is 0. The van der Waals surface area contributed by atoms with E-state index in [-0.39, 0.29) is 30.1 Å². The Morgan fingerprint density at radius 1 is 1.28 bits per heavy atom. The van der Waals surface area contributed by atoms with Gasteiger partial charge in [-0.05, 0) is 39.5 Å². The Morgan fingerprint density at radius 3 is 2.62 bits per heavy atom. The molecular weight excluding hydrogens is 481 g/mol. The van der Waals surface area contributed by atoms with Gasteiger partial charge < -0.3 is 19.9 Å². The molecule has 9 heteroatoms.